The van der Waals surface area contributed by atoms with Crippen molar-refractivity contribution in [1.29, 1.82) is 0 Å². The minimum Gasteiger partial charge on any atom is -0.466 e. The van der Waals surface area contributed by atoms with Crippen molar-refractivity contribution < 1.29 is 24.1 Å². The number of halogens is 3. The summed E-state index contributed by atoms with van der Waals surface area (Å²) in [6, 6.07) is 0. The predicted octanol–water partition coefficient (Wildman–Crippen LogP) is 0.865. The van der Waals surface area contributed by atoms with E-state index in [-0.39, 0.29) is 12.2 Å². The first-order valence-corrected chi connectivity index (χ1v) is 6.36. The highest BCUT2D eigenvalue weighted by molar-refractivity contribution is 6.68. The van der Waals surface area contributed by atoms with Gasteiger partial charge < -0.3 is 19.3 Å². The number of aliphatic hydroxyl groups excluding tert-OH is 1. The van der Waals surface area contributed by atoms with Crippen molar-refractivity contribution >= 4 is 40.8 Å². The first kappa shape index (κ1) is 17.0. The summed E-state index contributed by atoms with van der Waals surface area (Å²) in [7, 11) is 1.23. The number of carbonyl (C=O) groups excluding carboxylic acids is 1. The molecule has 0 amide bonds. The second-order valence-electron chi connectivity index (χ2n) is 3.96. The van der Waals surface area contributed by atoms with E-state index in [0.29, 0.717) is 0 Å². The molecule has 3 atom stereocenters. The van der Waals surface area contributed by atoms with Crippen LogP contribution < -0.4 is 5.73 Å². The van der Waals surface area contributed by atoms with E-state index in [4.69, 9.17) is 50.0 Å². The van der Waals surface area contributed by atoms with Crippen LogP contribution in [0.2, 0.25) is 0 Å². The zero-order valence-electron chi connectivity index (χ0n) is 10.2. The molecule has 1 heterocycles. The molecule has 0 saturated carbocycles. The predicted molar refractivity (Wildman–Crippen MR) is 69.8 cm³/mol. The summed E-state index contributed by atoms with van der Waals surface area (Å²) in [5.41, 5.74) is 5.83. The van der Waals surface area contributed by atoms with Gasteiger partial charge in [-0.25, -0.2) is 4.79 Å². The number of hydrogen-bond acceptors (Lipinski definition) is 6. The molecule has 0 spiro atoms. The highest BCUT2D eigenvalue weighted by atomic mass is 35.6. The number of ether oxygens (including phenoxy) is 3. The van der Waals surface area contributed by atoms with E-state index in [2.05, 4.69) is 4.74 Å². The van der Waals surface area contributed by atoms with E-state index in [1.54, 1.807) is 0 Å². The van der Waals surface area contributed by atoms with Crippen LogP contribution in [-0.2, 0) is 19.0 Å². The minimum atomic E-state index is -2.01. The Morgan fingerprint density at radius 2 is 2.21 bits per heavy atom. The lowest BCUT2D eigenvalue weighted by Crippen LogP contribution is -2.53. The quantitative estimate of drug-likeness (QED) is 0.452. The van der Waals surface area contributed by atoms with Crippen molar-refractivity contribution in [3.05, 3.63) is 11.6 Å². The van der Waals surface area contributed by atoms with Gasteiger partial charge in [-0.2, -0.15) is 0 Å². The van der Waals surface area contributed by atoms with E-state index in [9.17, 15) is 9.90 Å². The lowest BCUT2D eigenvalue weighted by Gasteiger charge is -2.29. The van der Waals surface area contributed by atoms with Gasteiger partial charge in [0, 0.05) is 5.57 Å². The Labute approximate surface area is 125 Å². The van der Waals surface area contributed by atoms with Crippen LogP contribution in [0.15, 0.2) is 11.6 Å². The van der Waals surface area contributed by atoms with Gasteiger partial charge in [-0.1, -0.05) is 34.8 Å². The largest absolute Gasteiger partial charge is 0.466 e. The van der Waals surface area contributed by atoms with Gasteiger partial charge >= 0.3 is 5.97 Å². The van der Waals surface area contributed by atoms with Crippen molar-refractivity contribution in [3.63, 3.8) is 0 Å². The van der Waals surface area contributed by atoms with Crippen molar-refractivity contribution in [3.8, 4) is 0 Å². The summed E-state index contributed by atoms with van der Waals surface area (Å²) in [5.74, 6) is -2.52. The summed E-state index contributed by atoms with van der Waals surface area (Å²) < 4.78 is 12.7. The van der Waals surface area contributed by atoms with Crippen LogP contribution >= 0.6 is 34.8 Å². The van der Waals surface area contributed by atoms with Crippen LogP contribution in [0.5, 0.6) is 0 Å². The molecule has 1 rings (SSSR count). The maximum absolute atomic E-state index is 11.2. The average Bonchev–Trinajstić information content (AvgIpc) is 2.71. The fraction of sp³-hybridized carbons (Fsp3) is 0.700. The molecule has 0 aromatic carbocycles. The van der Waals surface area contributed by atoms with E-state index in [1.165, 1.54) is 20.1 Å². The molecule has 6 nitrogen and oxygen atoms in total. The summed E-state index contributed by atoms with van der Waals surface area (Å²) in [4.78, 5) is 11.2. The summed E-state index contributed by atoms with van der Waals surface area (Å²) in [5, 5.41) is 9.89. The molecule has 0 unspecified atom stereocenters. The smallest absolute Gasteiger partial charge is 0.333 e. The molecule has 0 aromatic heterocycles. The number of methoxy groups -OCH3 is 1. The van der Waals surface area contributed by atoms with Crippen LogP contribution in [0, 0.1) is 0 Å². The Bertz CT molecular complexity index is 384. The number of hydrogen-bond donors (Lipinski definition) is 2. The highest BCUT2D eigenvalue weighted by Gasteiger charge is 2.54. The fourth-order valence-corrected chi connectivity index (χ4v) is 1.71. The van der Waals surface area contributed by atoms with Crippen molar-refractivity contribution in [1.82, 2.24) is 0 Å². The molecule has 19 heavy (non-hydrogen) atoms. The second-order valence-corrected chi connectivity index (χ2v) is 6.25. The fourth-order valence-electron chi connectivity index (χ4n) is 1.41. The Hall–Kier alpha value is -0.0800. The van der Waals surface area contributed by atoms with Gasteiger partial charge in [0.05, 0.1) is 13.7 Å². The van der Waals surface area contributed by atoms with E-state index < -0.39 is 27.9 Å². The summed E-state index contributed by atoms with van der Waals surface area (Å²) in [6.45, 7) is 1.39. The first-order chi connectivity index (χ1) is 8.60. The van der Waals surface area contributed by atoms with Gasteiger partial charge in [-0.05, 0) is 13.0 Å². The molecule has 1 saturated heterocycles. The highest BCUT2D eigenvalue weighted by Crippen LogP contribution is 2.42. The summed E-state index contributed by atoms with van der Waals surface area (Å²) in [6.07, 6.45) is -0.763. The topological polar surface area (TPSA) is 91.0 Å². The maximum atomic E-state index is 11.2. The van der Waals surface area contributed by atoms with Gasteiger partial charge in [0.25, 0.3) is 9.70 Å². The SMILES string of the molecule is COC(=O)/C(C)=C/[C@@H](O)[C@H]1CO[C@](N)(C(Cl)(Cl)Cl)O1. The molecule has 110 valence electrons. The molecule has 0 aliphatic carbocycles. The monoisotopic (exact) mass is 333 g/mol. The normalized spacial score (nSPS) is 30.3. The molecule has 1 aliphatic heterocycles. The summed E-state index contributed by atoms with van der Waals surface area (Å²) >= 11 is 16.8. The average molecular weight is 335 g/mol. The number of nitrogens with two attached hydrogens (primary N) is 1. The van der Waals surface area contributed by atoms with Crippen LogP contribution in [-0.4, -0.2) is 46.7 Å². The standard InChI is InChI=1S/C10H14Cl3NO5/c1-5(8(16)17-2)3-6(15)7-4-18-10(14,19-7)9(11,12)13/h3,6-7,15H,4,14H2,1-2H3/b5-3+/t6-,7-,10-/m1/s1. The molecule has 1 aliphatic rings. The maximum Gasteiger partial charge on any atom is 0.333 e. The Balaban J connectivity index is 2.73. The number of rotatable bonds is 3. The zero-order valence-corrected chi connectivity index (χ0v) is 12.5. The van der Waals surface area contributed by atoms with Gasteiger partial charge in [-0.15, -0.1) is 0 Å². The number of carbonyl (C=O) groups is 1. The van der Waals surface area contributed by atoms with Gasteiger partial charge in [-0.3, -0.25) is 5.73 Å². The van der Waals surface area contributed by atoms with Gasteiger partial charge in [0.1, 0.15) is 12.2 Å². The first-order valence-electron chi connectivity index (χ1n) is 5.23. The molecule has 9 heteroatoms. The third-order valence-electron chi connectivity index (χ3n) is 2.49. The Morgan fingerprint density at radius 3 is 2.63 bits per heavy atom. The molecule has 1 fully saturated rings. The van der Waals surface area contributed by atoms with Crippen LogP contribution in [0.3, 0.4) is 0 Å². The van der Waals surface area contributed by atoms with E-state index >= 15 is 0 Å². The van der Waals surface area contributed by atoms with Crippen molar-refractivity contribution in [2.75, 3.05) is 13.7 Å². The van der Waals surface area contributed by atoms with Gasteiger partial charge in [0.2, 0.25) is 0 Å². The van der Waals surface area contributed by atoms with Gasteiger partial charge in [0.15, 0.2) is 0 Å². The number of esters is 1. The number of aliphatic hydroxyl groups is 1. The third kappa shape index (κ3) is 3.95. The molecule has 0 radical (unpaired) electrons. The molecular formula is C10H14Cl3NO5. The van der Waals surface area contributed by atoms with Crippen molar-refractivity contribution in [2.24, 2.45) is 5.73 Å². The number of alkyl halides is 3. The van der Waals surface area contributed by atoms with Crippen LogP contribution in [0.25, 0.3) is 0 Å². The van der Waals surface area contributed by atoms with Crippen LogP contribution in [0.4, 0.5) is 0 Å². The Kier molecular flexibility index (Phi) is 5.48. The van der Waals surface area contributed by atoms with Crippen LogP contribution in [0.1, 0.15) is 6.92 Å². The molecule has 3 N–H and O–H groups in total. The molecule has 0 bridgehead atoms. The van der Waals surface area contributed by atoms with Crippen molar-refractivity contribution in [2.45, 2.75) is 28.8 Å². The van der Waals surface area contributed by atoms with E-state index in [0.717, 1.165) is 0 Å². The zero-order chi connectivity index (χ0) is 14.8. The minimum absolute atomic E-state index is 0.0868. The second kappa shape index (κ2) is 6.13. The lowest BCUT2D eigenvalue weighted by atomic mass is 10.1. The third-order valence-corrected chi connectivity index (χ3v) is 3.28. The molecule has 0 aromatic rings. The van der Waals surface area contributed by atoms with E-state index in [1.807, 2.05) is 0 Å². The lowest BCUT2D eigenvalue weighted by molar-refractivity contribution is -0.167. The Morgan fingerprint density at radius 1 is 1.63 bits per heavy atom. The molecular weight excluding hydrogens is 320 g/mol.